The van der Waals surface area contributed by atoms with Gasteiger partial charge < -0.3 is 10.2 Å². The molecule has 0 bridgehead atoms. The van der Waals surface area contributed by atoms with Crippen molar-refractivity contribution < 1.29 is 26.8 Å². The average molecular weight is 346 g/mol. The Kier molecular flexibility index (Phi) is 4.98. The third kappa shape index (κ3) is 4.25. The van der Waals surface area contributed by atoms with Crippen LogP contribution in [0.4, 0.5) is 8.78 Å². The van der Waals surface area contributed by atoms with Gasteiger partial charge >= 0.3 is 0 Å². The number of sulfone groups is 1. The van der Waals surface area contributed by atoms with Gasteiger partial charge in [0.25, 0.3) is 5.91 Å². The van der Waals surface area contributed by atoms with Gasteiger partial charge in [0.2, 0.25) is 5.91 Å². The number of benzene rings is 1. The van der Waals surface area contributed by atoms with Gasteiger partial charge in [-0.25, -0.2) is 17.2 Å². The van der Waals surface area contributed by atoms with Crippen LogP contribution in [0.5, 0.6) is 0 Å². The Balaban J connectivity index is 1.99. The normalized spacial score (nSPS) is 18.3. The number of nitrogens with zero attached hydrogens (tertiary/aromatic N) is 1. The van der Waals surface area contributed by atoms with Gasteiger partial charge in [0, 0.05) is 19.2 Å². The molecule has 1 N–H and O–H groups in total. The molecule has 1 saturated heterocycles. The number of hydrogen-bond acceptors (Lipinski definition) is 4. The fourth-order valence-corrected chi connectivity index (χ4v) is 3.42. The predicted octanol–water partition coefficient (Wildman–Crippen LogP) is 0.340. The van der Waals surface area contributed by atoms with Crippen LogP contribution >= 0.6 is 0 Å². The Morgan fingerprint density at radius 3 is 2.39 bits per heavy atom. The first kappa shape index (κ1) is 17.3. The molecule has 2 amide bonds. The number of halogens is 2. The van der Waals surface area contributed by atoms with Crippen LogP contribution in [-0.4, -0.2) is 55.8 Å². The van der Waals surface area contributed by atoms with Crippen molar-refractivity contribution in [3.05, 3.63) is 35.4 Å². The van der Waals surface area contributed by atoms with Crippen LogP contribution in [0.15, 0.2) is 18.2 Å². The Morgan fingerprint density at radius 2 is 1.83 bits per heavy atom. The zero-order valence-electron chi connectivity index (χ0n) is 12.4. The fraction of sp³-hybridized carbons (Fsp3) is 0.429. The Morgan fingerprint density at radius 1 is 1.22 bits per heavy atom. The number of carbonyl (C=O) groups excluding carboxylic acids is 2. The van der Waals surface area contributed by atoms with Gasteiger partial charge in [-0.05, 0) is 19.1 Å². The fourth-order valence-electron chi connectivity index (χ4n) is 2.22. The van der Waals surface area contributed by atoms with Crippen molar-refractivity contribution in [2.24, 2.45) is 0 Å². The SMILES string of the molecule is CC(NC(=O)c1ccc(F)cc1F)C(=O)N1CCS(=O)(=O)CC1. The standard InChI is InChI=1S/C14H16F2N2O4S/c1-9(14(20)18-4-6-23(21,22)7-5-18)17-13(19)11-3-2-10(15)8-12(11)16/h2-3,8-9H,4-7H2,1H3,(H,17,19). The molecule has 126 valence electrons. The van der Waals surface area contributed by atoms with Crippen LogP contribution in [0.25, 0.3) is 0 Å². The summed E-state index contributed by atoms with van der Waals surface area (Å²) in [4.78, 5) is 25.5. The van der Waals surface area contributed by atoms with E-state index in [1.807, 2.05) is 0 Å². The molecule has 0 aliphatic carbocycles. The summed E-state index contributed by atoms with van der Waals surface area (Å²) in [7, 11) is -3.12. The highest BCUT2D eigenvalue weighted by Crippen LogP contribution is 2.10. The average Bonchev–Trinajstić information content (AvgIpc) is 2.46. The van der Waals surface area contributed by atoms with Crippen LogP contribution in [0, 0.1) is 11.6 Å². The summed E-state index contributed by atoms with van der Waals surface area (Å²) in [6, 6.07) is 1.56. The molecular formula is C14H16F2N2O4S. The lowest BCUT2D eigenvalue weighted by molar-refractivity contribution is -0.132. The van der Waals surface area contributed by atoms with Crippen LogP contribution in [0.1, 0.15) is 17.3 Å². The van der Waals surface area contributed by atoms with Gasteiger partial charge in [0.15, 0.2) is 9.84 Å². The summed E-state index contributed by atoms with van der Waals surface area (Å²) in [5, 5.41) is 2.33. The van der Waals surface area contributed by atoms with E-state index in [-0.39, 0.29) is 30.2 Å². The van der Waals surface area contributed by atoms with Gasteiger partial charge in [0.1, 0.15) is 17.7 Å². The molecule has 1 aromatic rings. The molecule has 1 aliphatic rings. The third-order valence-corrected chi connectivity index (χ3v) is 5.16. The van der Waals surface area contributed by atoms with Gasteiger partial charge in [-0.3, -0.25) is 9.59 Å². The highest BCUT2D eigenvalue weighted by Gasteiger charge is 2.29. The maximum absolute atomic E-state index is 13.5. The van der Waals surface area contributed by atoms with E-state index >= 15 is 0 Å². The molecule has 9 heteroatoms. The highest BCUT2D eigenvalue weighted by molar-refractivity contribution is 7.91. The molecule has 0 spiro atoms. The second-order valence-electron chi connectivity index (χ2n) is 5.30. The maximum Gasteiger partial charge on any atom is 0.254 e. The molecule has 0 radical (unpaired) electrons. The third-order valence-electron chi connectivity index (χ3n) is 3.55. The topological polar surface area (TPSA) is 83.6 Å². The lowest BCUT2D eigenvalue weighted by atomic mass is 10.1. The molecule has 23 heavy (non-hydrogen) atoms. The molecule has 1 aliphatic heterocycles. The summed E-state index contributed by atoms with van der Waals surface area (Å²) in [6.07, 6.45) is 0. The first-order valence-electron chi connectivity index (χ1n) is 6.95. The monoisotopic (exact) mass is 346 g/mol. The second-order valence-corrected chi connectivity index (χ2v) is 7.60. The smallest absolute Gasteiger partial charge is 0.254 e. The zero-order chi connectivity index (χ0) is 17.2. The summed E-state index contributed by atoms with van der Waals surface area (Å²) in [6.45, 7) is 1.54. The van der Waals surface area contributed by atoms with E-state index in [9.17, 15) is 26.8 Å². The van der Waals surface area contributed by atoms with E-state index in [2.05, 4.69) is 5.32 Å². The first-order valence-corrected chi connectivity index (χ1v) is 8.77. The van der Waals surface area contributed by atoms with Gasteiger partial charge in [-0.15, -0.1) is 0 Å². The minimum atomic E-state index is -3.12. The number of nitrogens with one attached hydrogen (secondary N) is 1. The largest absolute Gasteiger partial charge is 0.340 e. The molecule has 6 nitrogen and oxygen atoms in total. The summed E-state index contributed by atoms with van der Waals surface area (Å²) >= 11 is 0. The van der Waals surface area contributed by atoms with Gasteiger partial charge in [-0.1, -0.05) is 0 Å². The molecule has 1 unspecified atom stereocenters. The zero-order valence-corrected chi connectivity index (χ0v) is 13.2. The summed E-state index contributed by atoms with van der Waals surface area (Å²) < 4.78 is 49.0. The Labute approximate surface area is 132 Å². The predicted molar refractivity (Wildman–Crippen MR) is 78.5 cm³/mol. The number of carbonyl (C=O) groups is 2. The quantitative estimate of drug-likeness (QED) is 0.855. The lowest BCUT2D eigenvalue weighted by Crippen LogP contribution is -2.51. The van der Waals surface area contributed by atoms with Crippen molar-refractivity contribution in [2.75, 3.05) is 24.6 Å². The number of hydrogen-bond donors (Lipinski definition) is 1. The number of amides is 2. The van der Waals surface area contributed by atoms with Crippen molar-refractivity contribution in [3.63, 3.8) is 0 Å². The molecular weight excluding hydrogens is 330 g/mol. The molecule has 0 saturated carbocycles. The van der Waals surface area contributed by atoms with Gasteiger partial charge in [-0.2, -0.15) is 0 Å². The van der Waals surface area contributed by atoms with Crippen molar-refractivity contribution >= 4 is 21.7 Å². The minimum absolute atomic E-state index is 0.0618. The lowest BCUT2D eigenvalue weighted by Gasteiger charge is -2.29. The molecule has 2 rings (SSSR count). The summed E-state index contributed by atoms with van der Waals surface area (Å²) in [5.41, 5.74) is -0.368. The molecule has 1 fully saturated rings. The van der Waals surface area contributed by atoms with Crippen molar-refractivity contribution in [3.8, 4) is 0 Å². The van der Waals surface area contributed by atoms with Crippen molar-refractivity contribution in [2.45, 2.75) is 13.0 Å². The van der Waals surface area contributed by atoms with E-state index in [4.69, 9.17) is 0 Å². The second kappa shape index (κ2) is 6.61. The van der Waals surface area contributed by atoms with Crippen LogP contribution in [0.3, 0.4) is 0 Å². The molecule has 1 aromatic carbocycles. The van der Waals surface area contributed by atoms with E-state index in [1.54, 1.807) is 0 Å². The van der Waals surface area contributed by atoms with E-state index in [1.165, 1.54) is 11.8 Å². The van der Waals surface area contributed by atoms with Crippen LogP contribution in [0.2, 0.25) is 0 Å². The van der Waals surface area contributed by atoms with E-state index in [0.717, 1.165) is 12.1 Å². The van der Waals surface area contributed by atoms with Crippen LogP contribution < -0.4 is 5.32 Å². The maximum atomic E-state index is 13.5. The van der Waals surface area contributed by atoms with Crippen molar-refractivity contribution in [1.29, 1.82) is 0 Å². The molecule has 1 heterocycles. The van der Waals surface area contributed by atoms with Gasteiger partial charge in [0.05, 0.1) is 17.1 Å². The molecule has 0 aromatic heterocycles. The summed E-state index contributed by atoms with van der Waals surface area (Å²) in [5.74, 6) is -3.36. The Hall–Kier alpha value is -2.03. The van der Waals surface area contributed by atoms with Crippen LogP contribution in [-0.2, 0) is 14.6 Å². The number of rotatable bonds is 3. The van der Waals surface area contributed by atoms with E-state index < -0.39 is 39.3 Å². The highest BCUT2D eigenvalue weighted by atomic mass is 32.2. The Bertz CT molecular complexity index is 722. The van der Waals surface area contributed by atoms with Crippen molar-refractivity contribution in [1.82, 2.24) is 10.2 Å². The minimum Gasteiger partial charge on any atom is -0.340 e. The van der Waals surface area contributed by atoms with E-state index in [0.29, 0.717) is 6.07 Å². The first-order chi connectivity index (χ1) is 10.7. The molecule has 1 atom stereocenters.